The first kappa shape index (κ1) is 22.1. The van der Waals surface area contributed by atoms with Crippen molar-refractivity contribution in [1.29, 1.82) is 0 Å². The molecule has 3 aliphatic heterocycles. The Bertz CT molecular complexity index is 1320. The van der Waals surface area contributed by atoms with Crippen molar-refractivity contribution in [2.45, 2.75) is 19.0 Å². The Labute approximate surface area is 198 Å². The quantitative estimate of drug-likeness (QED) is 0.160. The molecule has 2 aromatic carbocycles. The highest BCUT2D eigenvalue weighted by molar-refractivity contribution is 6.24. The lowest BCUT2D eigenvalue weighted by molar-refractivity contribution is -0.384. The normalized spacial score (nSPS) is 24.4. The van der Waals surface area contributed by atoms with Gasteiger partial charge in [-0.1, -0.05) is 6.08 Å². The Morgan fingerprint density at radius 1 is 1.00 bits per heavy atom. The molecule has 0 bridgehead atoms. The van der Waals surface area contributed by atoms with Gasteiger partial charge in [0.05, 0.1) is 28.5 Å². The number of hydrogen-bond acceptors (Lipinski definition) is 9. The monoisotopic (exact) mass is 474 g/mol. The maximum absolute atomic E-state index is 13.6. The third-order valence-corrected chi connectivity index (χ3v) is 6.28. The molecule has 0 radical (unpaired) electrons. The standard InChI is InChI=1S/C24H18N4O7/c1-13(29)35-17-10-4-14(5-11-17)22(30)21-20-19(18-3-2-12-25-27(18)21)23(31)26(24(20)32)15-6-8-16(9-7-15)28(33)34/h2-12,18-21H,1H3/t18-,19-,20-,21+/m0/s1. The summed E-state index contributed by atoms with van der Waals surface area (Å²) in [6.45, 7) is 1.26. The van der Waals surface area contributed by atoms with E-state index in [9.17, 15) is 29.3 Å². The van der Waals surface area contributed by atoms with Crippen LogP contribution in [0, 0.1) is 22.0 Å². The van der Waals surface area contributed by atoms with Gasteiger partial charge in [0.25, 0.3) is 5.69 Å². The number of imide groups is 1. The Hall–Kier alpha value is -4.67. The van der Waals surface area contributed by atoms with Crippen LogP contribution >= 0.6 is 0 Å². The number of allylic oxidation sites excluding steroid dienone is 1. The number of carbonyl (C=O) groups excluding carboxylic acids is 4. The van der Waals surface area contributed by atoms with Crippen molar-refractivity contribution in [2.75, 3.05) is 4.90 Å². The van der Waals surface area contributed by atoms with Crippen molar-refractivity contribution in [3.8, 4) is 5.75 Å². The predicted molar refractivity (Wildman–Crippen MR) is 122 cm³/mol. The van der Waals surface area contributed by atoms with Crippen LogP contribution in [-0.2, 0) is 14.4 Å². The summed E-state index contributed by atoms with van der Waals surface area (Å²) >= 11 is 0. The molecule has 0 saturated carbocycles. The lowest BCUT2D eigenvalue weighted by Gasteiger charge is -2.30. The zero-order valence-corrected chi connectivity index (χ0v) is 18.3. The topological polar surface area (TPSA) is 139 Å². The van der Waals surface area contributed by atoms with E-state index in [0.29, 0.717) is 0 Å². The van der Waals surface area contributed by atoms with E-state index < -0.39 is 52.4 Å². The molecule has 4 atom stereocenters. The van der Waals surface area contributed by atoms with Crippen LogP contribution in [-0.4, -0.2) is 51.8 Å². The fourth-order valence-electron chi connectivity index (χ4n) is 4.84. The van der Waals surface area contributed by atoms with Crippen molar-refractivity contribution < 1.29 is 28.8 Å². The van der Waals surface area contributed by atoms with Gasteiger partial charge in [-0.15, -0.1) is 0 Å². The van der Waals surface area contributed by atoms with E-state index in [-0.39, 0.29) is 22.7 Å². The number of ketones is 1. The van der Waals surface area contributed by atoms with E-state index in [4.69, 9.17) is 4.74 Å². The Kier molecular flexibility index (Phi) is 5.24. The molecule has 35 heavy (non-hydrogen) atoms. The van der Waals surface area contributed by atoms with E-state index in [1.165, 1.54) is 66.7 Å². The molecular weight excluding hydrogens is 456 g/mol. The lowest BCUT2D eigenvalue weighted by Crippen LogP contribution is -2.46. The maximum Gasteiger partial charge on any atom is 0.308 e. The van der Waals surface area contributed by atoms with Crippen molar-refractivity contribution in [3.05, 3.63) is 76.4 Å². The van der Waals surface area contributed by atoms with E-state index in [1.807, 2.05) is 0 Å². The number of anilines is 1. The predicted octanol–water partition coefficient (Wildman–Crippen LogP) is 2.12. The highest BCUT2D eigenvalue weighted by Gasteiger charge is 2.64. The fourth-order valence-corrected chi connectivity index (χ4v) is 4.84. The molecule has 11 nitrogen and oxygen atoms in total. The minimum atomic E-state index is -1.04. The fraction of sp³-hybridized carbons (Fsp3) is 0.208. The molecular formula is C24H18N4O7. The van der Waals surface area contributed by atoms with Crippen LogP contribution in [0.3, 0.4) is 0 Å². The highest BCUT2D eigenvalue weighted by atomic mass is 16.6. The first-order chi connectivity index (χ1) is 16.8. The van der Waals surface area contributed by atoms with Gasteiger partial charge in [-0.05, 0) is 42.5 Å². The zero-order chi connectivity index (χ0) is 24.9. The van der Waals surface area contributed by atoms with Crippen LogP contribution in [0.2, 0.25) is 0 Å². The number of benzene rings is 2. The van der Waals surface area contributed by atoms with Crippen molar-refractivity contribution in [3.63, 3.8) is 0 Å². The van der Waals surface area contributed by atoms with Gasteiger partial charge in [0.15, 0.2) is 5.78 Å². The number of non-ortho nitro benzene ring substituents is 1. The lowest BCUT2D eigenvalue weighted by atomic mass is 9.86. The minimum absolute atomic E-state index is 0.172. The Morgan fingerprint density at radius 2 is 1.66 bits per heavy atom. The molecule has 2 aromatic rings. The number of nitrogens with zero attached hydrogens (tertiary/aromatic N) is 4. The molecule has 11 heteroatoms. The summed E-state index contributed by atoms with van der Waals surface area (Å²) in [6.07, 6.45) is 4.88. The molecule has 2 amide bonds. The molecule has 176 valence electrons. The van der Waals surface area contributed by atoms with Gasteiger partial charge in [-0.3, -0.25) is 34.3 Å². The summed E-state index contributed by atoms with van der Waals surface area (Å²) in [5, 5.41) is 16.8. The number of rotatable bonds is 5. The first-order valence-electron chi connectivity index (χ1n) is 10.7. The second-order valence-electron chi connectivity index (χ2n) is 8.28. The smallest absolute Gasteiger partial charge is 0.308 e. The molecule has 0 spiro atoms. The summed E-state index contributed by atoms with van der Waals surface area (Å²) in [5.41, 5.74) is 0.296. The molecule has 5 rings (SSSR count). The van der Waals surface area contributed by atoms with Crippen LogP contribution in [0.5, 0.6) is 5.75 Å². The largest absolute Gasteiger partial charge is 0.427 e. The van der Waals surface area contributed by atoms with Crippen molar-refractivity contribution in [2.24, 2.45) is 16.9 Å². The van der Waals surface area contributed by atoms with Gasteiger partial charge in [0, 0.05) is 30.8 Å². The second kappa shape index (κ2) is 8.28. The zero-order valence-electron chi connectivity index (χ0n) is 18.3. The van der Waals surface area contributed by atoms with Gasteiger partial charge in [0.1, 0.15) is 11.8 Å². The van der Waals surface area contributed by atoms with E-state index in [2.05, 4.69) is 5.10 Å². The van der Waals surface area contributed by atoms with Crippen molar-refractivity contribution in [1.82, 2.24) is 5.01 Å². The van der Waals surface area contributed by atoms with Gasteiger partial charge in [-0.2, -0.15) is 5.10 Å². The van der Waals surface area contributed by atoms with Gasteiger partial charge >= 0.3 is 5.97 Å². The Morgan fingerprint density at radius 3 is 2.29 bits per heavy atom. The number of ether oxygens (including phenoxy) is 1. The van der Waals surface area contributed by atoms with Crippen molar-refractivity contribution >= 4 is 41.2 Å². The SMILES string of the molecule is CC(=O)Oc1ccc(C(=O)[C@H]2[C@H]3C(=O)N(c4ccc([N+](=O)[O-])cc4)C(=O)[C@H]3[C@@H]3C=CC=NN32)cc1. The Balaban J connectivity index is 1.50. The summed E-state index contributed by atoms with van der Waals surface area (Å²) in [4.78, 5) is 63.1. The highest BCUT2D eigenvalue weighted by Crippen LogP contribution is 2.46. The van der Waals surface area contributed by atoms with Crippen LogP contribution in [0.25, 0.3) is 0 Å². The van der Waals surface area contributed by atoms with Crippen LogP contribution < -0.4 is 9.64 Å². The summed E-state index contributed by atoms with van der Waals surface area (Å²) in [7, 11) is 0. The van der Waals surface area contributed by atoms with E-state index in [0.717, 1.165) is 4.90 Å². The molecule has 0 N–H and O–H groups in total. The number of nitro benzene ring substituents is 1. The summed E-state index contributed by atoms with van der Waals surface area (Å²) in [6, 6.07) is 9.40. The number of hydrazone groups is 1. The van der Waals surface area contributed by atoms with Gasteiger partial charge < -0.3 is 4.74 Å². The average Bonchev–Trinajstić information content (AvgIpc) is 3.31. The third kappa shape index (κ3) is 3.57. The van der Waals surface area contributed by atoms with E-state index >= 15 is 0 Å². The minimum Gasteiger partial charge on any atom is -0.427 e. The number of esters is 1. The number of fused-ring (bicyclic) bond motifs is 3. The number of carbonyl (C=O) groups is 4. The van der Waals surface area contributed by atoms with Gasteiger partial charge in [0.2, 0.25) is 11.8 Å². The molecule has 3 aliphatic rings. The average molecular weight is 474 g/mol. The first-order valence-corrected chi connectivity index (χ1v) is 10.7. The number of Topliss-reactive ketones (excluding diaryl/α,β-unsaturated/α-hetero) is 1. The molecule has 2 saturated heterocycles. The second-order valence-corrected chi connectivity index (χ2v) is 8.28. The van der Waals surface area contributed by atoms with Crippen LogP contribution in [0.15, 0.2) is 65.8 Å². The molecule has 3 heterocycles. The van der Waals surface area contributed by atoms with E-state index in [1.54, 1.807) is 12.2 Å². The van der Waals surface area contributed by atoms with Crippen LogP contribution in [0.4, 0.5) is 11.4 Å². The summed E-state index contributed by atoms with van der Waals surface area (Å²) < 4.78 is 5.01. The van der Waals surface area contributed by atoms with Crippen LogP contribution in [0.1, 0.15) is 17.3 Å². The number of hydrogen-bond donors (Lipinski definition) is 0. The maximum atomic E-state index is 13.6. The molecule has 0 aliphatic carbocycles. The molecule has 0 unspecified atom stereocenters. The molecule has 0 aromatic heterocycles. The number of nitro groups is 1. The number of amides is 2. The van der Waals surface area contributed by atoms with Gasteiger partial charge in [-0.25, -0.2) is 4.90 Å². The molecule has 2 fully saturated rings. The summed E-state index contributed by atoms with van der Waals surface area (Å²) in [5.74, 6) is -3.54. The third-order valence-electron chi connectivity index (χ3n) is 6.28.